The molecular weight excluding hydrogens is 166 g/mol. The van der Waals surface area contributed by atoms with E-state index in [1.54, 1.807) is 13.3 Å². The Bertz CT molecular complexity index is 268. The molecule has 0 aliphatic carbocycles. The van der Waals surface area contributed by atoms with Gasteiger partial charge in [-0.3, -0.25) is 0 Å². The van der Waals surface area contributed by atoms with Crippen molar-refractivity contribution in [1.82, 2.24) is 9.55 Å². The summed E-state index contributed by atoms with van der Waals surface area (Å²) in [5.41, 5.74) is -0.0894. The second-order valence-corrected chi connectivity index (χ2v) is 3.80. The SMILES string of the molecule is COCC(C)(C)Nc1nccn1C. The van der Waals surface area contributed by atoms with Crippen LogP contribution in [0.3, 0.4) is 0 Å². The highest BCUT2D eigenvalue weighted by molar-refractivity contribution is 5.29. The molecule has 1 aromatic rings. The van der Waals surface area contributed by atoms with Crippen LogP contribution < -0.4 is 5.32 Å². The molecule has 0 bridgehead atoms. The molecule has 1 heterocycles. The number of aryl methyl sites for hydroxylation is 1. The van der Waals surface area contributed by atoms with E-state index in [4.69, 9.17) is 4.74 Å². The molecule has 0 radical (unpaired) electrons. The van der Waals surface area contributed by atoms with Crippen LogP contribution in [0, 0.1) is 0 Å². The van der Waals surface area contributed by atoms with Crippen LogP contribution in [0.25, 0.3) is 0 Å². The average molecular weight is 183 g/mol. The number of methoxy groups -OCH3 is 1. The highest BCUT2D eigenvalue weighted by Gasteiger charge is 2.18. The number of aromatic nitrogens is 2. The lowest BCUT2D eigenvalue weighted by atomic mass is 10.1. The van der Waals surface area contributed by atoms with Crippen molar-refractivity contribution in [1.29, 1.82) is 0 Å². The molecule has 0 aromatic carbocycles. The van der Waals surface area contributed by atoms with Crippen molar-refractivity contribution in [3.8, 4) is 0 Å². The topological polar surface area (TPSA) is 39.1 Å². The number of nitrogens with zero attached hydrogens (tertiary/aromatic N) is 2. The minimum absolute atomic E-state index is 0.0894. The second-order valence-electron chi connectivity index (χ2n) is 3.80. The van der Waals surface area contributed by atoms with Gasteiger partial charge in [0, 0.05) is 26.6 Å². The van der Waals surface area contributed by atoms with Gasteiger partial charge in [0.05, 0.1) is 12.1 Å². The molecule has 74 valence electrons. The number of nitrogens with one attached hydrogen (secondary N) is 1. The fourth-order valence-corrected chi connectivity index (χ4v) is 1.19. The summed E-state index contributed by atoms with van der Waals surface area (Å²) in [7, 11) is 3.65. The predicted octanol–water partition coefficient (Wildman–Crippen LogP) is 1.26. The molecule has 13 heavy (non-hydrogen) atoms. The Morgan fingerprint density at radius 3 is 2.77 bits per heavy atom. The van der Waals surface area contributed by atoms with Gasteiger partial charge >= 0.3 is 0 Å². The molecule has 0 aliphatic rings. The van der Waals surface area contributed by atoms with Gasteiger partial charge in [-0.1, -0.05) is 0 Å². The summed E-state index contributed by atoms with van der Waals surface area (Å²) in [5.74, 6) is 0.863. The van der Waals surface area contributed by atoms with Gasteiger partial charge in [-0.15, -0.1) is 0 Å². The summed E-state index contributed by atoms with van der Waals surface area (Å²) in [4.78, 5) is 4.18. The molecule has 0 saturated carbocycles. The van der Waals surface area contributed by atoms with Gasteiger partial charge in [-0.05, 0) is 13.8 Å². The van der Waals surface area contributed by atoms with Crippen molar-refractivity contribution in [2.75, 3.05) is 19.0 Å². The molecule has 4 heteroatoms. The first-order valence-electron chi connectivity index (χ1n) is 4.29. The quantitative estimate of drug-likeness (QED) is 0.763. The molecule has 4 nitrogen and oxygen atoms in total. The van der Waals surface area contributed by atoms with Crippen LogP contribution in [0.1, 0.15) is 13.8 Å². The van der Waals surface area contributed by atoms with E-state index in [-0.39, 0.29) is 5.54 Å². The summed E-state index contributed by atoms with van der Waals surface area (Å²) < 4.78 is 7.04. The van der Waals surface area contributed by atoms with E-state index in [2.05, 4.69) is 24.1 Å². The highest BCUT2D eigenvalue weighted by Crippen LogP contribution is 2.11. The molecular formula is C9H17N3O. The zero-order valence-corrected chi connectivity index (χ0v) is 8.66. The van der Waals surface area contributed by atoms with Crippen LogP contribution in [0.5, 0.6) is 0 Å². The van der Waals surface area contributed by atoms with Crippen LogP contribution in [-0.4, -0.2) is 28.8 Å². The molecule has 1 aromatic heterocycles. The number of anilines is 1. The van der Waals surface area contributed by atoms with Gasteiger partial charge in [0.1, 0.15) is 0 Å². The average Bonchev–Trinajstić information content (AvgIpc) is 2.35. The summed E-state index contributed by atoms with van der Waals surface area (Å²) in [6.45, 7) is 4.80. The van der Waals surface area contributed by atoms with Crippen LogP contribution in [-0.2, 0) is 11.8 Å². The Kier molecular flexibility index (Phi) is 2.93. The summed E-state index contributed by atoms with van der Waals surface area (Å²) in [6.07, 6.45) is 3.68. The first-order chi connectivity index (χ1) is 6.05. The van der Waals surface area contributed by atoms with E-state index in [9.17, 15) is 0 Å². The van der Waals surface area contributed by atoms with Crippen molar-refractivity contribution in [3.05, 3.63) is 12.4 Å². The van der Waals surface area contributed by atoms with E-state index < -0.39 is 0 Å². The third-order valence-corrected chi connectivity index (χ3v) is 1.78. The molecule has 0 unspecified atom stereocenters. The van der Waals surface area contributed by atoms with Gasteiger partial charge in [0.15, 0.2) is 0 Å². The molecule has 0 fully saturated rings. The highest BCUT2D eigenvalue weighted by atomic mass is 16.5. The second kappa shape index (κ2) is 3.79. The van der Waals surface area contributed by atoms with E-state index in [1.165, 1.54) is 0 Å². The maximum Gasteiger partial charge on any atom is 0.202 e. The van der Waals surface area contributed by atoms with Crippen LogP contribution >= 0.6 is 0 Å². The lowest BCUT2D eigenvalue weighted by Gasteiger charge is -2.25. The maximum absolute atomic E-state index is 5.10. The first-order valence-corrected chi connectivity index (χ1v) is 4.29. The van der Waals surface area contributed by atoms with Crippen LogP contribution in [0.15, 0.2) is 12.4 Å². The Labute approximate surface area is 78.9 Å². The Balaban J connectivity index is 2.63. The number of imidazole rings is 1. The normalized spacial score (nSPS) is 11.7. The molecule has 0 aliphatic heterocycles. The van der Waals surface area contributed by atoms with Crippen LogP contribution in [0.2, 0.25) is 0 Å². The van der Waals surface area contributed by atoms with Gasteiger partial charge in [-0.25, -0.2) is 4.98 Å². The van der Waals surface area contributed by atoms with Crippen molar-refractivity contribution in [3.63, 3.8) is 0 Å². The van der Waals surface area contributed by atoms with Crippen molar-refractivity contribution in [2.24, 2.45) is 7.05 Å². The number of hydrogen-bond acceptors (Lipinski definition) is 3. The predicted molar refractivity (Wildman–Crippen MR) is 52.8 cm³/mol. The van der Waals surface area contributed by atoms with Crippen molar-refractivity contribution < 1.29 is 4.74 Å². The first kappa shape index (κ1) is 10.1. The van der Waals surface area contributed by atoms with Gasteiger partial charge in [-0.2, -0.15) is 0 Å². The number of ether oxygens (including phenoxy) is 1. The lowest BCUT2D eigenvalue weighted by molar-refractivity contribution is 0.157. The fraction of sp³-hybridized carbons (Fsp3) is 0.667. The van der Waals surface area contributed by atoms with Gasteiger partial charge < -0.3 is 14.6 Å². The van der Waals surface area contributed by atoms with Crippen molar-refractivity contribution >= 4 is 5.95 Å². The fourth-order valence-electron chi connectivity index (χ4n) is 1.19. The molecule has 1 N–H and O–H groups in total. The molecule has 1 rings (SSSR count). The van der Waals surface area contributed by atoms with Gasteiger partial charge in [0.25, 0.3) is 0 Å². The summed E-state index contributed by atoms with van der Waals surface area (Å²) in [6, 6.07) is 0. The standard InChI is InChI=1S/C9H17N3O/c1-9(2,7-13-4)11-8-10-5-6-12(8)3/h5-6H,7H2,1-4H3,(H,10,11). The van der Waals surface area contributed by atoms with Gasteiger partial charge in [0.2, 0.25) is 5.95 Å². The van der Waals surface area contributed by atoms with E-state index in [0.717, 1.165) is 5.95 Å². The maximum atomic E-state index is 5.10. The zero-order valence-electron chi connectivity index (χ0n) is 8.66. The third-order valence-electron chi connectivity index (χ3n) is 1.78. The minimum Gasteiger partial charge on any atom is -0.382 e. The molecule has 0 spiro atoms. The van der Waals surface area contributed by atoms with Crippen LogP contribution in [0.4, 0.5) is 5.95 Å². The zero-order chi connectivity index (χ0) is 9.90. The van der Waals surface area contributed by atoms with E-state index in [0.29, 0.717) is 6.61 Å². The summed E-state index contributed by atoms with van der Waals surface area (Å²) >= 11 is 0. The Morgan fingerprint density at radius 2 is 2.31 bits per heavy atom. The lowest BCUT2D eigenvalue weighted by Crippen LogP contribution is -2.36. The van der Waals surface area contributed by atoms with E-state index >= 15 is 0 Å². The number of rotatable bonds is 4. The molecule has 0 amide bonds. The number of hydrogen-bond donors (Lipinski definition) is 1. The smallest absolute Gasteiger partial charge is 0.202 e. The molecule has 0 saturated heterocycles. The third kappa shape index (κ3) is 2.73. The minimum atomic E-state index is -0.0894. The summed E-state index contributed by atoms with van der Waals surface area (Å²) in [5, 5.41) is 3.29. The van der Waals surface area contributed by atoms with E-state index in [1.807, 2.05) is 17.8 Å². The monoisotopic (exact) mass is 183 g/mol. The van der Waals surface area contributed by atoms with Crippen molar-refractivity contribution in [2.45, 2.75) is 19.4 Å². The Morgan fingerprint density at radius 1 is 1.62 bits per heavy atom. The Hall–Kier alpha value is -1.03. The largest absolute Gasteiger partial charge is 0.382 e. The molecule has 0 atom stereocenters.